The van der Waals surface area contributed by atoms with Crippen LogP contribution in [0.25, 0.3) is 0 Å². The maximum atomic E-state index is 11.1. The molecule has 0 aromatic carbocycles. The van der Waals surface area contributed by atoms with Crippen LogP contribution in [-0.2, 0) is 18.9 Å². The first kappa shape index (κ1) is 26.1. The van der Waals surface area contributed by atoms with Crippen molar-refractivity contribution in [3.05, 3.63) is 0 Å². The first-order valence-corrected chi connectivity index (χ1v) is 11.3. The Morgan fingerprint density at radius 1 is 1.00 bits per heavy atom. The molecule has 0 amide bonds. The Bertz CT molecular complexity index is 615. The average Bonchev–Trinajstić information content (AvgIpc) is 2.71. The summed E-state index contributed by atoms with van der Waals surface area (Å²) in [7, 11) is 1.62. The van der Waals surface area contributed by atoms with E-state index in [0.29, 0.717) is 12.8 Å². The van der Waals surface area contributed by atoms with E-state index in [0.717, 1.165) is 6.42 Å². The Kier molecular flexibility index (Phi) is 8.51. The van der Waals surface area contributed by atoms with Gasteiger partial charge in [0.1, 0.15) is 30.0 Å². The van der Waals surface area contributed by atoms with Crippen molar-refractivity contribution in [3.8, 4) is 0 Å². The summed E-state index contributed by atoms with van der Waals surface area (Å²) in [4.78, 5) is 0. The fourth-order valence-electron chi connectivity index (χ4n) is 4.87. The lowest BCUT2D eigenvalue weighted by molar-refractivity contribution is -0.307. The van der Waals surface area contributed by atoms with Gasteiger partial charge in [0.15, 0.2) is 12.6 Å². The molecule has 0 aromatic rings. The Morgan fingerprint density at radius 3 is 2.16 bits per heavy atom. The number of nitrogens with one attached hydrogen (secondary N) is 1. The van der Waals surface area contributed by atoms with Crippen LogP contribution in [0, 0.1) is 0 Å². The fraction of sp³-hybridized carbons (Fsp3) is 1.00. The van der Waals surface area contributed by atoms with E-state index in [4.69, 9.17) is 41.9 Å². The van der Waals surface area contributed by atoms with Crippen LogP contribution >= 0.6 is 0 Å². The van der Waals surface area contributed by atoms with Crippen molar-refractivity contribution in [1.82, 2.24) is 5.32 Å². The highest BCUT2D eigenvalue weighted by Crippen LogP contribution is 2.31. The summed E-state index contributed by atoms with van der Waals surface area (Å²) in [6.07, 6.45) is -4.58. The van der Waals surface area contributed by atoms with Crippen LogP contribution in [0.15, 0.2) is 0 Å². The van der Waals surface area contributed by atoms with Gasteiger partial charge in [-0.05, 0) is 40.2 Å². The first-order chi connectivity index (χ1) is 15.0. The molecule has 0 radical (unpaired) electrons. The van der Waals surface area contributed by atoms with Gasteiger partial charge in [-0.15, -0.1) is 0 Å². The number of hydrogen-bond donors (Lipinski definition) is 8. The molecule has 2 aliphatic heterocycles. The highest BCUT2D eigenvalue weighted by Gasteiger charge is 2.50. The van der Waals surface area contributed by atoms with Crippen LogP contribution in [0.4, 0.5) is 0 Å². The first-order valence-electron chi connectivity index (χ1n) is 11.3. The molecule has 13 atom stereocenters. The fourth-order valence-corrected chi connectivity index (χ4v) is 4.87. The predicted molar refractivity (Wildman–Crippen MR) is 115 cm³/mol. The van der Waals surface area contributed by atoms with E-state index < -0.39 is 60.7 Å². The van der Waals surface area contributed by atoms with Crippen molar-refractivity contribution in [1.29, 1.82) is 0 Å². The van der Waals surface area contributed by atoms with E-state index in [9.17, 15) is 15.3 Å². The van der Waals surface area contributed by atoms with E-state index in [1.165, 1.54) is 0 Å². The van der Waals surface area contributed by atoms with Crippen LogP contribution in [0.5, 0.6) is 0 Å². The Hall–Kier alpha value is -0.480. The molecule has 2 saturated heterocycles. The number of rotatable bonds is 6. The molecule has 12 nitrogen and oxygen atoms in total. The molecule has 0 bridgehead atoms. The molecule has 188 valence electrons. The second kappa shape index (κ2) is 10.4. The zero-order valence-electron chi connectivity index (χ0n) is 19.0. The lowest BCUT2D eigenvalue weighted by atomic mass is 9.84. The maximum Gasteiger partial charge on any atom is 0.185 e. The van der Waals surface area contributed by atoms with Crippen molar-refractivity contribution in [2.75, 3.05) is 13.7 Å². The van der Waals surface area contributed by atoms with E-state index in [1.807, 2.05) is 6.92 Å². The molecule has 2 heterocycles. The SMILES string of the molecule is CN[C@@H]1[C@H](O)[C@@H](O[C@@H]2[C@@H](O)[C@H](O[C@H]3O[C@H]([C@H](C)N)CC[C@H]3N)[C@@H](N)C[C@H]2N)OC[C@]1(C)O. The van der Waals surface area contributed by atoms with E-state index in [-0.39, 0.29) is 24.8 Å². The Labute approximate surface area is 188 Å². The quantitative estimate of drug-likeness (QED) is 0.192. The predicted octanol–water partition coefficient (Wildman–Crippen LogP) is -3.59. The summed E-state index contributed by atoms with van der Waals surface area (Å²) < 4.78 is 23.4. The molecular formula is C20H41N5O7. The molecular weight excluding hydrogens is 422 g/mol. The van der Waals surface area contributed by atoms with Gasteiger partial charge in [0.25, 0.3) is 0 Å². The minimum Gasteiger partial charge on any atom is -0.388 e. The van der Waals surface area contributed by atoms with E-state index >= 15 is 0 Å². The normalized spacial score (nSPS) is 51.4. The van der Waals surface area contributed by atoms with Gasteiger partial charge in [-0.3, -0.25) is 0 Å². The van der Waals surface area contributed by atoms with E-state index in [1.54, 1.807) is 14.0 Å². The number of aliphatic hydroxyl groups is 3. The Balaban J connectivity index is 1.69. The van der Waals surface area contributed by atoms with Crippen molar-refractivity contribution < 1.29 is 34.3 Å². The molecule has 3 aliphatic rings. The summed E-state index contributed by atoms with van der Waals surface area (Å²) >= 11 is 0. The third kappa shape index (κ3) is 5.43. The number of aliphatic hydroxyl groups excluding tert-OH is 2. The number of likely N-dealkylation sites (N-methyl/N-ethyl adjacent to an activating group) is 1. The topological polar surface area (TPSA) is 214 Å². The largest absolute Gasteiger partial charge is 0.388 e. The van der Waals surface area contributed by atoms with Crippen molar-refractivity contribution in [2.24, 2.45) is 22.9 Å². The molecule has 0 unspecified atom stereocenters. The summed E-state index contributed by atoms with van der Waals surface area (Å²) in [5.41, 5.74) is 23.3. The highest BCUT2D eigenvalue weighted by atomic mass is 16.7. The van der Waals surface area contributed by atoms with Gasteiger partial charge in [-0.25, -0.2) is 0 Å². The van der Waals surface area contributed by atoms with Gasteiger partial charge in [0, 0.05) is 18.1 Å². The molecule has 12 heteroatoms. The second-order valence-corrected chi connectivity index (χ2v) is 9.69. The van der Waals surface area contributed by atoms with Crippen LogP contribution < -0.4 is 28.3 Å². The van der Waals surface area contributed by atoms with Crippen LogP contribution in [0.2, 0.25) is 0 Å². The third-order valence-electron chi connectivity index (χ3n) is 6.81. The number of hydrogen-bond acceptors (Lipinski definition) is 12. The molecule has 0 aromatic heterocycles. The van der Waals surface area contributed by atoms with Crippen LogP contribution in [-0.4, -0.2) is 108 Å². The van der Waals surface area contributed by atoms with Crippen molar-refractivity contribution in [2.45, 2.75) is 112 Å². The molecule has 12 N–H and O–H groups in total. The molecule has 1 aliphatic carbocycles. The van der Waals surface area contributed by atoms with Gasteiger partial charge < -0.3 is 62.5 Å². The van der Waals surface area contributed by atoms with Gasteiger partial charge in [-0.1, -0.05) is 0 Å². The summed E-state index contributed by atoms with van der Waals surface area (Å²) in [6.45, 7) is 3.34. The van der Waals surface area contributed by atoms with Gasteiger partial charge >= 0.3 is 0 Å². The van der Waals surface area contributed by atoms with E-state index in [2.05, 4.69) is 5.32 Å². The van der Waals surface area contributed by atoms with Gasteiger partial charge in [-0.2, -0.15) is 0 Å². The van der Waals surface area contributed by atoms with Gasteiger partial charge in [0.2, 0.25) is 0 Å². The zero-order valence-corrected chi connectivity index (χ0v) is 19.0. The lowest BCUT2D eigenvalue weighted by Gasteiger charge is -2.48. The minimum absolute atomic E-state index is 0.0683. The molecule has 0 spiro atoms. The standard InChI is InChI=1S/C20H41N5O7/c1-8(21)12-5-4-9(22)18(30-12)31-15-10(23)6-11(24)16(13(15)26)32-19-14(27)17(25-3)20(2,28)7-29-19/h8-19,25-28H,4-7,21-24H2,1-3H3/t8-,9+,10-,11+,12-,13-,14-,15+,16-,17+,18+,19+,20-/m0/s1. The lowest BCUT2D eigenvalue weighted by Crippen LogP contribution is -2.68. The Morgan fingerprint density at radius 2 is 1.59 bits per heavy atom. The smallest absolute Gasteiger partial charge is 0.185 e. The molecule has 1 saturated carbocycles. The number of ether oxygens (including phenoxy) is 4. The molecule has 3 rings (SSSR count). The minimum atomic E-state index is -1.29. The average molecular weight is 464 g/mol. The second-order valence-electron chi connectivity index (χ2n) is 9.69. The highest BCUT2D eigenvalue weighted by molar-refractivity contribution is 5.02. The van der Waals surface area contributed by atoms with Crippen molar-refractivity contribution >= 4 is 0 Å². The molecule has 3 fully saturated rings. The number of nitrogens with two attached hydrogens (primary N) is 4. The maximum absolute atomic E-state index is 11.1. The van der Waals surface area contributed by atoms with Crippen LogP contribution in [0.1, 0.15) is 33.1 Å². The van der Waals surface area contributed by atoms with Crippen LogP contribution in [0.3, 0.4) is 0 Å². The summed E-state index contributed by atoms with van der Waals surface area (Å²) in [5.74, 6) is 0. The monoisotopic (exact) mass is 463 g/mol. The zero-order chi connectivity index (χ0) is 23.8. The molecule has 32 heavy (non-hydrogen) atoms. The summed E-state index contributed by atoms with van der Waals surface area (Å²) in [6, 6.07) is -2.47. The van der Waals surface area contributed by atoms with Crippen molar-refractivity contribution in [3.63, 3.8) is 0 Å². The summed E-state index contributed by atoms with van der Waals surface area (Å²) in [5, 5.41) is 35.0. The van der Waals surface area contributed by atoms with Gasteiger partial charge in [0.05, 0.1) is 24.8 Å². The third-order valence-corrected chi connectivity index (χ3v) is 6.81.